The summed E-state index contributed by atoms with van der Waals surface area (Å²) in [4.78, 5) is 37.2. The van der Waals surface area contributed by atoms with E-state index in [4.69, 9.17) is 18.9 Å². The lowest BCUT2D eigenvalue weighted by atomic mass is 10.0. The quantitative estimate of drug-likeness (QED) is 0.0195. The Morgan fingerprint density at radius 3 is 1.09 bits per heavy atom. The van der Waals surface area contributed by atoms with Crippen LogP contribution in [0, 0.1) is 0 Å². The molecule has 0 aromatic carbocycles. The van der Waals surface area contributed by atoms with Crippen molar-refractivity contribution in [1.82, 2.24) is 0 Å². The minimum atomic E-state index is -1.62. The number of esters is 2. The van der Waals surface area contributed by atoms with E-state index in [1.165, 1.54) is 141 Å². The lowest BCUT2D eigenvalue weighted by molar-refractivity contribution is -0.870. The Kier molecular flexibility index (Phi) is 56.5. The fraction of sp³-hybridized carbons (Fsp3) is 0.725. The normalized spacial score (nSPS) is 13.4. The van der Waals surface area contributed by atoms with Crippen LogP contribution in [0.5, 0.6) is 0 Å². The Labute approximate surface area is 480 Å². The van der Waals surface area contributed by atoms with Gasteiger partial charge in [0.25, 0.3) is 0 Å². The van der Waals surface area contributed by atoms with Crippen molar-refractivity contribution in [1.29, 1.82) is 0 Å². The zero-order valence-corrected chi connectivity index (χ0v) is 51.0. The van der Waals surface area contributed by atoms with E-state index in [2.05, 4.69) is 111 Å². The number of ether oxygens (including phenoxy) is 4. The highest BCUT2D eigenvalue weighted by Gasteiger charge is 2.22. The van der Waals surface area contributed by atoms with Gasteiger partial charge in [-0.25, -0.2) is 0 Å². The van der Waals surface area contributed by atoms with Crippen LogP contribution in [0.2, 0.25) is 0 Å². The number of allylic oxidation sites excluding steroid dienone is 16. The van der Waals surface area contributed by atoms with Crippen molar-refractivity contribution in [3.8, 4) is 0 Å². The minimum Gasteiger partial charge on any atom is -0.545 e. The predicted molar refractivity (Wildman–Crippen MR) is 329 cm³/mol. The maximum Gasteiger partial charge on any atom is 0.306 e. The third-order valence-electron chi connectivity index (χ3n) is 13.6. The number of hydrogen-bond acceptors (Lipinski definition) is 8. The third-order valence-corrected chi connectivity index (χ3v) is 13.6. The van der Waals surface area contributed by atoms with Gasteiger partial charge < -0.3 is 33.3 Å². The average molecular weight is 1090 g/mol. The SMILES string of the molecule is CC/C=C\C/C=C\C/C=C\C/C=C\C/C=C\C/C=C\C/C=C\C/C=C\CCCCCCCCCCCCCCCCCCC(=O)OC(COC(=O)CCCCCCCCCCCCCC)COC(OCC[N+](C)(C)C)C(=O)[O-]. The van der Waals surface area contributed by atoms with Crippen LogP contribution >= 0.6 is 0 Å². The smallest absolute Gasteiger partial charge is 0.306 e. The molecule has 0 spiro atoms. The Hall–Kier alpha value is -3.79. The van der Waals surface area contributed by atoms with E-state index in [-0.39, 0.29) is 32.2 Å². The summed E-state index contributed by atoms with van der Waals surface area (Å²) in [6.07, 6.45) is 77.7. The van der Waals surface area contributed by atoms with Gasteiger partial charge in [-0.1, -0.05) is 272 Å². The van der Waals surface area contributed by atoms with Crippen LogP contribution in [-0.2, 0) is 33.3 Å². The molecule has 448 valence electrons. The molecule has 0 saturated carbocycles. The van der Waals surface area contributed by atoms with Crippen LogP contribution in [0.4, 0.5) is 0 Å². The molecule has 0 fully saturated rings. The van der Waals surface area contributed by atoms with Gasteiger partial charge in [-0.05, 0) is 77.0 Å². The van der Waals surface area contributed by atoms with Gasteiger partial charge in [0.05, 0.1) is 40.3 Å². The second-order valence-electron chi connectivity index (χ2n) is 22.3. The van der Waals surface area contributed by atoms with Crippen LogP contribution in [0.25, 0.3) is 0 Å². The molecule has 0 aliphatic heterocycles. The van der Waals surface area contributed by atoms with E-state index in [1.807, 2.05) is 21.1 Å². The van der Waals surface area contributed by atoms with Crippen molar-refractivity contribution in [2.45, 2.75) is 277 Å². The summed E-state index contributed by atoms with van der Waals surface area (Å²) >= 11 is 0. The predicted octanol–water partition coefficient (Wildman–Crippen LogP) is 18.0. The Balaban J connectivity index is 4.00. The molecule has 78 heavy (non-hydrogen) atoms. The van der Waals surface area contributed by atoms with Gasteiger partial charge in [-0.15, -0.1) is 0 Å². The van der Waals surface area contributed by atoms with E-state index < -0.39 is 24.3 Å². The monoisotopic (exact) mass is 1090 g/mol. The fourth-order valence-corrected chi connectivity index (χ4v) is 8.73. The van der Waals surface area contributed by atoms with E-state index in [0.717, 1.165) is 89.9 Å². The van der Waals surface area contributed by atoms with Gasteiger partial charge >= 0.3 is 11.9 Å². The minimum absolute atomic E-state index is 0.147. The first-order valence-electron chi connectivity index (χ1n) is 31.9. The first kappa shape index (κ1) is 74.2. The Morgan fingerprint density at radius 1 is 0.397 bits per heavy atom. The number of carboxylic acid groups (broad SMARTS) is 1. The Morgan fingerprint density at radius 2 is 0.731 bits per heavy atom. The second kappa shape index (κ2) is 59.3. The fourth-order valence-electron chi connectivity index (χ4n) is 8.73. The number of unbranched alkanes of at least 4 members (excludes halogenated alkanes) is 27. The number of nitrogens with zero attached hydrogens (tertiary/aromatic N) is 1. The maximum atomic E-state index is 12.9. The van der Waals surface area contributed by atoms with Gasteiger partial charge in [0.1, 0.15) is 13.2 Å². The van der Waals surface area contributed by atoms with Crippen LogP contribution in [0.15, 0.2) is 97.2 Å². The number of carbonyl (C=O) groups excluding carboxylic acids is 3. The topological polar surface area (TPSA) is 111 Å². The summed E-state index contributed by atoms with van der Waals surface area (Å²) in [5.74, 6) is -2.28. The van der Waals surface area contributed by atoms with E-state index in [1.54, 1.807) is 0 Å². The number of carboxylic acids is 1. The molecule has 2 atom stereocenters. The van der Waals surface area contributed by atoms with Crippen LogP contribution in [0.3, 0.4) is 0 Å². The molecule has 0 heterocycles. The van der Waals surface area contributed by atoms with Crippen molar-refractivity contribution >= 4 is 17.9 Å². The Bertz CT molecular complexity index is 1600. The summed E-state index contributed by atoms with van der Waals surface area (Å²) in [6, 6.07) is 0. The molecule has 0 amide bonds. The highest BCUT2D eigenvalue weighted by molar-refractivity contribution is 5.70. The number of carbonyl (C=O) groups is 3. The number of aliphatic carboxylic acids is 1. The first-order chi connectivity index (χ1) is 38.1. The van der Waals surface area contributed by atoms with E-state index >= 15 is 0 Å². The highest BCUT2D eigenvalue weighted by Crippen LogP contribution is 2.17. The molecule has 0 N–H and O–H groups in total. The van der Waals surface area contributed by atoms with Crippen LogP contribution < -0.4 is 5.11 Å². The van der Waals surface area contributed by atoms with Gasteiger partial charge in [-0.2, -0.15) is 0 Å². The lowest BCUT2D eigenvalue weighted by Crippen LogP contribution is -2.44. The molecule has 0 aromatic rings. The lowest BCUT2D eigenvalue weighted by Gasteiger charge is -2.26. The van der Waals surface area contributed by atoms with Crippen molar-refractivity contribution in [2.24, 2.45) is 0 Å². The van der Waals surface area contributed by atoms with Crippen LogP contribution in [0.1, 0.15) is 264 Å². The summed E-state index contributed by atoms with van der Waals surface area (Å²) in [5.41, 5.74) is 0. The van der Waals surface area contributed by atoms with Crippen molar-refractivity contribution in [3.63, 3.8) is 0 Å². The van der Waals surface area contributed by atoms with Crippen molar-refractivity contribution < 1.29 is 42.9 Å². The number of hydrogen-bond donors (Lipinski definition) is 0. The largest absolute Gasteiger partial charge is 0.545 e. The number of likely N-dealkylation sites (N-methyl/N-ethyl adjacent to an activating group) is 1. The molecular formula is C69H119NO8. The van der Waals surface area contributed by atoms with Crippen molar-refractivity contribution in [2.75, 3.05) is 47.5 Å². The molecule has 0 aromatic heterocycles. The molecule has 0 aliphatic carbocycles. The van der Waals surface area contributed by atoms with Gasteiger partial charge in [0.15, 0.2) is 12.4 Å². The molecule has 9 nitrogen and oxygen atoms in total. The van der Waals surface area contributed by atoms with E-state index in [0.29, 0.717) is 23.9 Å². The summed E-state index contributed by atoms with van der Waals surface area (Å²) in [7, 11) is 5.92. The van der Waals surface area contributed by atoms with Crippen molar-refractivity contribution in [3.05, 3.63) is 97.2 Å². The van der Waals surface area contributed by atoms with Gasteiger partial charge in [-0.3, -0.25) is 9.59 Å². The molecule has 0 saturated heterocycles. The first-order valence-corrected chi connectivity index (χ1v) is 31.9. The van der Waals surface area contributed by atoms with Crippen LogP contribution in [-0.4, -0.2) is 82.3 Å². The molecule has 0 bridgehead atoms. The molecule has 9 heteroatoms. The number of quaternary nitrogens is 1. The van der Waals surface area contributed by atoms with Gasteiger partial charge in [0, 0.05) is 12.8 Å². The molecular weight excluding hydrogens is 971 g/mol. The summed E-state index contributed by atoms with van der Waals surface area (Å²) in [5, 5.41) is 11.8. The zero-order chi connectivity index (χ0) is 56.9. The number of rotatable bonds is 58. The third kappa shape index (κ3) is 59.9. The second-order valence-corrected chi connectivity index (χ2v) is 22.3. The zero-order valence-electron chi connectivity index (χ0n) is 51.0. The summed E-state index contributed by atoms with van der Waals surface area (Å²) in [6.45, 7) is 4.64. The van der Waals surface area contributed by atoms with E-state index in [9.17, 15) is 19.5 Å². The van der Waals surface area contributed by atoms with Gasteiger partial charge in [0.2, 0.25) is 0 Å². The highest BCUT2D eigenvalue weighted by atomic mass is 16.7. The summed E-state index contributed by atoms with van der Waals surface area (Å²) < 4.78 is 22.7. The average Bonchev–Trinajstić information content (AvgIpc) is 3.41. The molecule has 0 aliphatic rings. The molecule has 0 radical (unpaired) electrons. The standard InChI is InChI=1S/C69H119NO8/c1-6-8-10-12-14-16-18-20-21-22-23-24-25-26-27-28-29-30-31-32-33-34-35-36-37-38-39-40-41-42-43-44-45-46-47-48-50-52-54-56-58-60-67(72)78-65(64-77-69(68(73)74)75-62-61-70(3,4)5)63-76-66(71)59-57-55-53-51-49-19-17-15-13-11-9-7-2/h8,10,14,16,20-21,23-24,26-27,29-30,32-33,35-36,65,69H,6-7,9,11-13,15,17-19,22,25,28,31,34,37-64H2,1-5H3/b10-8-,16-14-,21-20-,24-23-,27-26-,30-29-,33-32-,36-35-. The maximum absolute atomic E-state index is 12.9. The molecule has 0 rings (SSSR count). The molecule has 2 unspecified atom stereocenters.